The molecule has 2 aliphatic rings. The van der Waals surface area contributed by atoms with Gasteiger partial charge in [-0.3, -0.25) is 9.59 Å². The number of Topliss-reactive ketones (excluding diaryl/α,β-unsaturated/α-hetero) is 1. The van der Waals surface area contributed by atoms with Crippen LogP contribution < -0.4 is 0 Å². The Hall–Kier alpha value is -0.900. The van der Waals surface area contributed by atoms with Crippen molar-refractivity contribution in [2.75, 3.05) is 7.11 Å². The van der Waals surface area contributed by atoms with Crippen LogP contribution in [0.25, 0.3) is 0 Å². The summed E-state index contributed by atoms with van der Waals surface area (Å²) >= 11 is 0. The van der Waals surface area contributed by atoms with Crippen LogP contribution in [0, 0.1) is 11.8 Å². The molecule has 1 aliphatic heterocycles. The molecule has 17 heavy (non-hydrogen) atoms. The molecular formula is C13H20O4. The van der Waals surface area contributed by atoms with Gasteiger partial charge in [-0.2, -0.15) is 0 Å². The van der Waals surface area contributed by atoms with Gasteiger partial charge in [-0.15, -0.1) is 0 Å². The van der Waals surface area contributed by atoms with Gasteiger partial charge in [0.15, 0.2) is 0 Å². The molecule has 4 atom stereocenters. The number of carbonyl (C=O) groups excluding carboxylic acids is 2. The summed E-state index contributed by atoms with van der Waals surface area (Å²) in [5.41, 5.74) is 0. The Kier molecular flexibility index (Phi) is 3.82. The number of esters is 1. The van der Waals surface area contributed by atoms with Crippen LogP contribution in [0.1, 0.15) is 39.0 Å². The summed E-state index contributed by atoms with van der Waals surface area (Å²) in [5.74, 6) is 0.259. The molecule has 1 heterocycles. The molecule has 0 amide bonds. The highest BCUT2D eigenvalue weighted by atomic mass is 18.4. The maximum atomic E-state index is 11.8. The van der Waals surface area contributed by atoms with Crippen LogP contribution in [-0.2, 0) is 19.1 Å². The number of methoxy groups -OCH3 is 1. The first-order chi connectivity index (χ1) is 8.15. The Bertz CT molecular complexity index is 313. The van der Waals surface area contributed by atoms with Crippen molar-refractivity contribution in [3.05, 3.63) is 0 Å². The fourth-order valence-corrected chi connectivity index (χ4v) is 2.84. The van der Waals surface area contributed by atoms with Gasteiger partial charge in [-0.25, -0.2) is 0 Å². The van der Waals surface area contributed by atoms with Gasteiger partial charge >= 0.3 is 5.97 Å². The van der Waals surface area contributed by atoms with E-state index in [1.807, 2.05) is 0 Å². The summed E-state index contributed by atoms with van der Waals surface area (Å²) in [5, 5.41) is 0. The standard InChI is InChI=1S/C13H20O4/c1-3-11-12(17-11)7-9-8(4-5-10(9)14)6-13(15)16-2/h8-9,11-12H,3-7H2,1-2H3/t8-,9-,11+,12-/m1/s1/i17+2. The fraction of sp³-hybridized carbons (Fsp3) is 0.846. The Morgan fingerprint density at radius 2 is 2.24 bits per heavy atom. The third kappa shape index (κ3) is 2.86. The zero-order chi connectivity index (χ0) is 12.4. The van der Waals surface area contributed by atoms with Crippen molar-refractivity contribution in [3.8, 4) is 0 Å². The van der Waals surface area contributed by atoms with Crippen LogP contribution in [-0.4, -0.2) is 31.1 Å². The molecule has 0 aromatic carbocycles. The van der Waals surface area contributed by atoms with Gasteiger partial charge in [-0.05, 0) is 25.2 Å². The predicted molar refractivity (Wildman–Crippen MR) is 61.4 cm³/mol. The van der Waals surface area contributed by atoms with E-state index in [1.54, 1.807) is 0 Å². The fourth-order valence-electron chi connectivity index (χ4n) is 2.84. The van der Waals surface area contributed by atoms with E-state index in [9.17, 15) is 9.59 Å². The Balaban J connectivity index is 1.88. The highest BCUT2D eigenvalue weighted by Crippen LogP contribution is 2.40. The SMILES string of the molecule is CC[C@@H]1[18O][C@@H]1C[C@H]1C(=O)CC[C@@H]1CC(=O)OC. The zero-order valence-electron chi connectivity index (χ0n) is 10.5. The number of carbonyl (C=O) groups is 2. The third-order valence-corrected chi connectivity index (χ3v) is 3.98. The largest absolute Gasteiger partial charge is 0.469 e. The monoisotopic (exact) mass is 242 g/mol. The molecule has 1 aliphatic carbocycles. The average molecular weight is 242 g/mol. The minimum atomic E-state index is -0.210. The maximum absolute atomic E-state index is 11.8. The van der Waals surface area contributed by atoms with Crippen molar-refractivity contribution in [1.82, 2.24) is 0 Å². The smallest absolute Gasteiger partial charge is 0.305 e. The summed E-state index contributed by atoms with van der Waals surface area (Å²) in [6.45, 7) is 2.09. The molecule has 1 saturated heterocycles. The van der Waals surface area contributed by atoms with Crippen LogP contribution in [0.3, 0.4) is 0 Å². The van der Waals surface area contributed by atoms with Gasteiger partial charge in [0.25, 0.3) is 0 Å². The molecule has 2 rings (SSSR count). The number of ketones is 1. The molecule has 4 heteroatoms. The summed E-state index contributed by atoms with van der Waals surface area (Å²) in [6.07, 6.45) is 4.18. The number of hydrogen-bond donors (Lipinski definition) is 0. The van der Waals surface area contributed by atoms with Crippen molar-refractivity contribution < 1.29 is 19.1 Å². The first-order valence-corrected chi connectivity index (χ1v) is 6.40. The van der Waals surface area contributed by atoms with E-state index in [2.05, 4.69) is 11.7 Å². The van der Waals surface area contributed by atoms with Crippen molar-refractivity contribution in [2.24, 2.45) is 11.8 Å². The van der Waals surface area contributed by atoms with Crippen LogP contribution >= 0.6 is 0 Å². The van der Waals surface area contributed by atoms with E-state index in [1.165, 1.54) is 7.11 Å². The highest BCUT2D eigenvalue weighted by Gasteiger charge is 2.44. The second kappa shape index (κ2) is 5.17. The van der Waals surface area contributed by atoms with E-state index in [4.69, 9.17) is 4.74 Å². The Labute approximate surface area is 102 Å². The minimum absolute atomic E-state index is 0.00986. The molecule has 0 N–H and O–H groups in total. The molecule has 0 bridgehead atoms. The van der Waals surface area contributed by atoms with Crippen LogP contribution in [0.4, 0.5) is 0 Å². The molecule has 0 spiro atoms. The van der Waals surface area contributed by atoms with Gasteiger partial charge in [0, 0.05) is 18.8 Å². The number of hydrogen-bond acceptors (Lipinski definition) is 4. The summed E-state index contributed by atoms with van der Waals surface area (Å²) in [6, 6.07) is 0. The summed E-state index contributed by atoms with van der Waals surface area (Å²) in [4.78, 5) is 23.1. The average Bonchev–Trinajstić information content (AvgIpc) is 3.01. The topological polar surface area (TPSA) is 55.9 Å². The van der Waals surface area contributed by atoms with E-state index >= 15 is 0 Å². The second-order valence-electron chi connectivity index (χ2n) is 5.01. The third-order valence-electron chi connectivity index (χ3n) is 3.98. The maximum Gasteiger partial charge on any atom is 0.305 e. The lowest BCUT2D eigenvalue weighted by Crippen LogP contribution is -2.20. The van der Waals surface area contributed by atoms with Crippen LogP contribution in [0.2, 0.25) is 0 Å². The van der Waals surface area contributed by atoms with Crippen molar-refractivity contribution in [3.63, 3.8) is 0 Å². The lowest BCUT2D eigenvalue weighted by atomic mass is 9.88. The van der Waals surface area contributed by atoms with E-state index < -0.39 is 0 Å². The molecule has 0 unspecified atom stereocenters. The van der Waals surface area contributed by atoms with E-state index in [-0.39, 0.29) is 23.9 Å². The molecule has 4 nitrogen and oxygen atoms in total. The second-order valence-corrected chi connectivity index (χ2v) is 5.01. The van der Waals surface area contributed by atoms with E-state index in [0.717, 1.165) is 19.3 Å². The van der Waals surface area contributed by atoms with Crippen molar-refractivity contribution in [1.29, 1.82) is 0 Å². The highest BCUT2D eigenvalue weighted by molar-refractivity contribution is 5.84. The number of rotatable bonds is 5. The Morgan fingerprint density at radius 3 is 2.82 bits per heavy atom. The van der Waals surface area contributed by atoms with Gasteiger partial charge in [0.2, 0.25) is 0 Å². The lowest BCUT2D eigenvalue weighted by Gasteiger charge is -2.16. The van der Waals surface area contributed by atoms with Crippen molar-refractivity contribution >= 4 is 11.8 Å². The van der Waals surface area contributed by atoms with Gasteiger partial charge in [-0.1, -0.05) is 6.92 Å². The summed E-state index contributed by atoms with van der Waals surface area (Å²) in [7, 11) is 1.39. The van der Waals surface area contributed by atoms with Crippen LogP contribution in [0.5, 0.6) is 0 Å². The molecule has 1 saturated carbocycles. The van der Waals surface area contributed by atoms with Gasteiger partial charge in [0.1, 0.15) is 5.78 Å². The minimum Gasteiger partial charge on any atom is -0.469 e. The number of ether oxygens (including phenoxy) is 2. The first-order valence-electron chi connectivity index (χ1n) is 6.40. The predicted octanol–water partition coefficient (Wildman–Crippen LogP) is 1.71. The van der Waals surface area contributed by atoms with Gasteiger partial charge in [0.05, 0.1) is 19.3 Å². The van der Waals surface area contributed by atoms with Crippen LogP contribution in [0.15, 0.2) is 0 Å². The Morgan fingerprint density at radius 1 is 1.47 bits per heavy atom. The zero-order valence-corrected chi connectivity index (χ0v) is 10.5. The van der Waals surface area contributed by atoms with Crippen molar-refractivity contribution in [2.45, 2.75) is 51.2 Å². The molecule has 0 aromatic rings. The quantitative estimate of drug-likeness (QED) is 0.418. The molecule has 0 aromatic heterocycles. The molecule has 0 radical (unpaired) electrons. The first kappa shape index (κ1) is 12.6. The van der Waals surface area contributed by atoms with Gasteiger partial charge < -0.3 is 9.47 Å². The lowest BCUT2D eigenvalue weighted by molar-refractivity contribution is -0.142. The number of epoxide rings is 1. The molecule has 96 valence electrons. The molecular weight excluding hydrogens is 222 g/mol. The molecule has 2 fully saturated rings. The summed E-state index contributed by atoms with van der Waals surface area (Å²) < 4.78 is 10.2. The normalized spacial score (nSPS) is 36.0. The van der Waals surface area contributed by atoms with E-state index in [0.29, 0.717) is 24.7 Å².